The monoisotopic (exact) mass is 278 g/mol. The molecule has 3 heteroatoms. The lowest BCUT2D eigenvalue weighted by Crippen LogP contribution is -2.32. The van der Waals surface area contributed by atoms with Gasteiger partial charge in [-0.15, -0.1) is 0 Å². The summed E-state index contributed by atoms with van der Waals surface area (Å²) in [4.78, 5) is 2.47. The van der Waals surface area contributed by atoms with Crippen molar-refractivity contribution in [2.45, 2.75) is 78.0 Å². The molecule has 0 saturated heterocycles. The Kier molecular flexibility index (Phi) is 5.67. The van der Waals surface area contributed by atoms with E-state index in [1.54, 1.807) is 0 Å². The van der Waals surface area contributed by atoms with Crippen molar-refractivity contribution in [2.75, 3.05) is 7.05 Å². The second-order valence-electron chi connectivity index (χ2n) is 6.56. The van der Waals surface area contributed by atoms with Crippen LogP contribution in [0.5, 0.6) is 0 Å². The Labute approximate surface area is 123 Å². The van der Waals surface area contributed by atoms with Gasteiger partial charge < -0.3 is 9.73 Å². The lowest BCUT2D eigenvalue weighted by atomic mass is 9.94. The molecule has 0 atom stereocenters. The van der Waals surface area contributed by atoms with Crippen LogP contribution >= 0.6 is 0 Å². The first kappa shape index (κ1) is 15.6. The van der Waals surface area contributed by atoms with Crippen molar-refractivity contribution in [2.24, 2.45) is 0 Å². The van der Waals surface area contributed by atoms with E-state index in [0.29, 0.717) is 6.04 Å². The van der Waals surface area contributed by atoms with Gasteiger partial charge in [0.05, 0.1) is 13.1 Å². The van der Waals surface area contributed by atoms with Crippen LogP contribution in [-0.4, -0.2) is 24.0 Å². The van der Waals surface area contributed by atoms with Crippen LogP contribution in [0.2, 0.25) is 0 Å². The minimum Gasteiger partial charge on any atom is -0.463 e. The van der Waals surface area contributed by atoms with Gasteiger partial charge in [-0.05, 0) is 38.4 Å². The van der Waals surface area contributed by atoms with Gasteiger partial charge in [0.2, 0.25) is 0 Å². The summed E-state index contributed by atoms with van der Waals surface area (Å²) >= 11 is 0. The first-order valence-electron chi connectivity index (χ1n) is 8.08. The summed E-state index contributed by atoms with van der Waals surface area (Å²) < 4.78 is 6.02. The van der Waals surface area contributed by atoms with Crippen LogP contribution < -0.4 is 5.32 Å². The molecule has 1 N–H and O–H groups in total. The number of nitrogens with one attached hydrogen (secondary N) is 1. The summed E-state index contributed by atoms with van der Waals surface area (Å²) in [6, 6.07) is 3.44. The molecule has 1 fully saturated rings. The topological polar surface area (TPSA) is 28.4 Å². The van der Waals surface area contributed by atoms with Gasteiger partial charge in [-0.25, -0.2) is 0 Å². The molecule has 1 aliphatic rings. The minimum absolute atomic E-state index is 0.493. The maximum absolute atomic E-state index is 6.02. The molecule has 0 amide bonds. The zero-order valence-corrected chi connectivity index (χ0v) is 13.5. The fourth-order valence-corrected chi connectivity index (χ4v) is 3.04. The average molecular weight is 278 g/mol. The van der Waals surface area contributed by atoms with Crippen molar-refractivity contribution in [1.29, 1.82) is 0 Å². The Morgan fingerprint density at radius 1 is 1.30 bits per heavy atom. The highest BCUT2D eigenvalue weighted by molar-refractivity contribution is 5.20. The molecular weight excluding hydrogens is 248 g/mol. The second kappa shape index (κ2) is 7.28. The van der Waals surface area contributed by atoms with E-state index in [2.05, 4.69) is 44.1 Å². The molecule has 0 aromatic carbocycles. The van der Waals surface area contributed by atoms with Gasteiger partial charge in [0.25, 0.3) is 0 Å². The highest BCUT2D eigenvalue weighted by Gasteiger charge is 2.19. The average Bonchev–Trinajstić information content (AvgIpc) is 2.77. The summed E-state index contributed by atoms with van der Waals surface area (Å²) in [5, 5.41) is 3.43. The van der Waals surface area contributed by atoms with Gasteiger partial charge >= 0.3 is 0 Å². The largest absolute Gasteiger partial charge is 0.463 e. The summed E-state index contributed by atoms with van der Waals surface area (Å²) in [6.07, 6.45) is 6.87. The van der Waals surface area contributed by atoms with Gasteiger partial charge in [0.15, 0.2) is 0 Å². The lowest BCUT2D eigenvalue weighted by molar-refractivity contribution is 0.172. The Balaban J connectivity index is 1.90. The fourth-order valence-electron chi connectivity index (χ4n) is 3.04. The zero-order chi connectivity index (χ0) is 14.5. The van der Waals surface area contributed by atoms with Crippen molar-refractivity contribution in [3.8, 4) is 0 Å². The summed E-state index contributed by atoms with van der Waals surface area (Å²) in [6.45, 7) is 8.24. The van der Waals surface area contributed by atoms with E-state index in [0.717, 1.165) is 30.7 Å². The molecule has 0 unspecified atom stereocenters. The first-order valence-corrected chi connectivity index (χ1v) is 8.08. The van der Waals surface area contributed by atoms with Crippen molar-refractivity contribution in [1.82, 2.24) is 10.2 Å². The standard InChI is InChI=1S/C17H30N2O/c1-13(2)18-11-17-14(3)10-16(20-17)12-19(4)15-8-6-5-7-9-15/h10,13,15,18H,5-9,11-12H2,1-4H3. The highest BCUT2D eigenvalue weighted by Crippen LogP contribution is 2.24. The molecular formula is C17H30N2O. The Morgan fingerprint density at radius 2 is 2.00 bits per heavy atom. The Hall–Kier alpha value is -0.800. The maximum Gasteiger partial charge on any atom is 0.120 e. The van der Waals surface area contributed by atoms with Crippen LogP contribution in [0.1, 0.15) is 63.0 Å². The third kappa shape index (κ3) is 4.35. The minimum atomic E-state index is 0.493. The fraction of sp³-hybridized carbons (Fsp3) is 0.765. The molecule has 2 rings (SSSR count). The van der Waals surface area contributed by atoms with E-state index in [1.165, 1.54) is 37.7 Å². The van der Waals surface area contributed by atoms with Crippen LogP contribution in [0.25, 0.3) is 0 Å². The van der Waals surface area contributed by atoms with E-state index in [1.807, 2.05) is 0 Å². The van der Waals surface area contributed by atoms with Crippen molar-refractivity contribution >= 4 is 0 Å². The Morgan fingerprint density at radius 3 is 2.65 bits per heavy atom. The SMILES string of the molecule is Cc1cc(CN(C)C2CCCCC2)oc1CNC(C)C. The molecule has 0 bridgehead atoms. The number of rotatable bonds is 6. The number of aryl methyl sites for hydroxylation is 1. The van der Waals surface area contributed by atoms with Crippen LogP contribution in [-0.2, 0) is 13.1 Å². The van der Waals surface area contributed by atoms with Gasteiger partial charge in [0, 0.05) is 12.1 Å². The summed E-state index contributed by atoms with van der Waals surface area (Å²) in [7, 11) is 2.24. The predicted molar refractivity (Wildman–Crippen MR) is 83.8 cm³/mol. The van der Waals surface area contributed by atoms with Crippen LogP contribution in [0.4, 0.5) is 0 Å². The summed E-state index contributed by atoms with van der Waals surface area (Å²) in [5.74, 6) is 2.20. The number of hydrogen-bond donors (Lipinski definition) is 1. The summed E-state index contributed by atoms with van der Waals surface area (Å²) in [5.41, 5.74) is 1.27. The maximum atomic E-state index is 6.02. The molecule has 1 aliphatic carbocycles. The molecule has 1 saturated carbocycles. The van der Waals surface area contributed by atoms with E-state index >= 15 is 0 Å². The third-order valence-electron chi connectivity index (χ3n) is 4.35. The molecule has 3 nitrogen and oxygen atoms in total. The van der Waals surface area contributed by atoms with Crippen LogP contribution in [0.3, 0.4) is 0 Å². The van der Waals surface area contributed by atoms with Crippen LogP contribution in [0, 0.1) is 6.92 Å². The quantitative estimate of drug-likeness (QED) is 0.856. The van der Waals surface area contributed by atoms with E-state index < -0.39 is 0 Å². The van der Waals surface area contributed by atoms with E-state index in [-0.39, 0.29) is 0 Å². The van der Waals surface area contributed by atoms with Crippen molar-refractivity contribution in [3.63, 3.8) is 0 Å². The number of hydrogen-bond acceptors (Lipinski definition) is 3. The van der Waals surface area contributed by atoms with Gasteiger partial charge in [-0.3, -0.25) is 4.90 Å². The molecule has 1 aromatic rings. The van der Waals surface area contributed by atoms with E-state index in [9.17, 15) is 0 Å². The normalized spacial score (nSPS) is 17.3. The molecule has 0 radical (unpaired) electrons. The molecule has 0 spiro atoms. The van der Waals surface area contributed by atoms with Crippen LogP contribution in [0.15, 0.2) is 10.5 Å². The smallest absolute Gasteiger partial charge is 0.120 e. The molecule has 1 heterocycles. The third-order valence-corrected chi connectivity index (χ3v) is 4.35. The predicted octanol–water partition coefficient (Wildman–Crippen LogP) is 3.85. The van der Waals surface area contributed by atoms with Crippen molar-refractivity contribution < 1.29 is 4.42 Å². The zero-order valence-electron chi connectivity index (χ0n) is 13.5. The molecule has 20 heavy (non-hydrogen) atoms. The second-order valence-corrected chi connectivity index (χ2v) is 6.56. The van der Waals surface area contributed by atoms with Crippen molar-refractivity contribution in [3.05, 3.63) is 23.2 Å². The van der Waals surface area contributed by atoms with Gasteiger partial charge in [0.1, 0.15) is 11.5 Å². The molecule has 114 valence electrons. The van der Waals surface area contributed by atoms with Gasteiger partial charge in [-0.2, -0.15) is 0 Å². The van der Waals surface area contributed by atoms with Gasteiger partial charge in [-0.1, -0.05) is 33.1 Å². The number of furan rings is 1. The Bertz CT molecular complexity index is 405. The number of nitrogens with zero attached hydrogens (tertiary/aromatic N) is 1. The lowest BCUT2D eigenvalue weighted by Gasteiger charge is -2.30. The molecule has 0 aliphatic heterocycles. The first-order chi connectivity index (χ1) is 9.56. The van der Waals surface area contributed by atoms with E-state index in [4.69, 9.17) is 4.42 Å². The molecule has 1 aromatic heterocycles. The highest BCUT2D eigenvalue weighted by atomic mass is 16.3.